The Balaban J connectivity index is 2.19. The molecule has 0 spiro atoms. The average molecular weight is 339 g/mol. The third-order valence-corrected chi connectivity index (χ3v) is 4.01. The molecule has 6 heteroatoms. The zero-order valence-corrected chi connectivity index (χ0v) is 13.5. The summed E-state index contributed by atoms with van der Waals surface area (Å²) in [4.78, 5) is 13.0. The Bertz CT molecular complexity index is 725. The number of rotatable bonds is 8. The lowest BCUT2D eigenvalue weighted by atomic mass is 10.0. The van der Waals surface area contributed by atoms with Crippen LogP contribution in [0.2, 0.25) is 0 Å². The Hall–Kier alpha value is -2.24. The topological polar surface area (TPSA) is 53.1 Å². The number of H-pyrrole nitrogens is 1. The summed E-state index contributed by atoms with van der Waals surface area (Å²) in [6.07, 6.45) is 6.45. The van der Waals surface area contributed by atoms with Crippen LogP contribution in [0.3, 0.4) is 0 Å². The molecular formula is C18H20F3NO2. The minimum Gasteiger partial charge on any atom is -0.476 e. The standard InChI is InChI=1S/C18H20F3NO2/c1-2-3-4-5-6-7-11-8-15(20)12(9-14(11)19)13-10-22-17(16(13)21)18(23)24/h8-10,22H,2-7H2,1H3,(H,23,24). The molecule has 1 aromatic carbocycles. The average Bonchev–Trinajstić information content (AvgIpc) is 2.91. The Labute approximate surface area is 138 Å². The van der Waals surface area contributed by atoms with Crippen molar-refractivity contribution in [1.82, 2.24) is 4.98 Å². The molecule has 0 unspecified atom stereocenters. The van der Waals surface area contributed by atoms with Gasteiger partial charge in [-0.3, -0.25) is 0 Å². The second-order valence-corrected chi connectivity index (χ2v) is 5.78. The van der Waals surface area contributed by atoms with E-state index in [0.29, 0.717) is 6.42 Å². The van der Waals surface area contributed by atoms with Crippen molar-refractivity contribution >= 4 is 5.97 Å². The number of aromatic nitrogens is 1. The van der Waals surface area contributed by atoms with Gasteiger partial charge in [-0.1, -0.05) is 32.6 Å². The maximum absolute atomic E-state index is 14.2. The van der Waals surface area contributed by atoms with Crippen molar-refractivity contribution in [1.29, 1.82) is 0 Å². The number of carboxylic acids is 1. The van der Waals surface area contributed by atoms with Gasteiger partial charge in [-0.05, 0) is 30.5 Å². The number of halogens is 3. The second kappa shape index (κ2) is 8.04. The Kier molecular flexibility index (Phi) is 6.06. The van der Waals surface area contributed by atoms with Gasteiger partial charge in [0.05, 0.1) is 0 Å². The summed E-state index contributed by atoms with van der Waals surface area (Å²) in [6, 6.07) is 1.99. The minimum absolute atomic E-state index is 0.252. The lowest BCUT2D eigenvalue weighted by Gasteiger charge is -2.08. The van der Waals surface area contributed by atoms with Crippen LogP contribution in [-0.4, -0.2) is 16.1 Å². The zero-order chi connectivity index (χ0) is 17.7. The third kappa shape index (κ3) is 3.99. The lowest BCUT2D eigenvalue weighted by molar-refractivity contribution is 0.0686. The van der Waals surface area contributed by atoms with E-state index in [-0.39, 0.29) is 16.7 Å². The fourth-order valence-electron chi connectivity index (χ4n) is 2.66. The van der Waals surface area contributed by atoms with Crippen molar-refractivity contribution < 1.29 is 23.1 Å². The van der Waals surface area contributed by atoms with Crippen molar-refractivity contribution in [2.45, 2.75) is 45.4 Å². The van der Waals surface area contributed by atoms with E-state index in [1.54, 1.807) is 0 Å². The minimum atomic E-state index is -1.50. The van der Waals surface area contributed by atoms with Crippen LogP contribution >= 0.6 is 0 Å². The molecule has 0 saturated heterocycles. The second-order valence-electron chi connectivity index (χ2n) is 5.78. The molecule has 0 aliphatic rings. The lowest BCUT2D eigenvalue weighted by Crippen LogP contribution is -2.00. The number of benzene rings is 1. The van der Waals surface area contributed by atoms with E-state index in [1.165, 1.54) is 0 Å². The van der Waals surface area contributed by atoms with E-state index in [2.05, 4.69) is 11.9 Å². The highest BCUT2D eigenvalue weighted by Gasteiger charge is 2.21. The smallest absolute Gasteiger partial charge is 0.355 e. The van der Waals surface area contributed by atoms with Crippen LogP contribution in [-0.2, 0) is 6.42 Å². The molecule has 2 rings (SSSR count). The first-order valence-corrected chi connectivity index (χ1v) is 8.04. The normalized spacial score (nSPS) is 11.0. The van der Waals surface area contributed by atoms with Gasteiger partial charge in [0.25, 0.3) is 0 Å². The molecule has 0 aliphatic carbocycles. The van der Waals surface area contributed by atoms with Crippen molar-refractivity contribution in [2.24, 2.45) is 0 Å². The number of nitrogens with one attached hydrogen (secondary N) is 1. The van der Waals surface area contributed by atoms with Gasteiger partial charge in [-0.25, -0.2) is 18.0 Å². The largest absolute Gasteiger partial charge is 0.476 e. The summed E-state index contributed by atoms with van der Waals surface area (Å²) >= 11 is 0. The molecule has 1 heterocycles. The third-order valence-electron chi connectivity index (χ3n) is 4.01. The van der Waals surface area contributed by atoms with Gasteiger partial charge >= 0.3 is 5.97 Å². The van der Waals surface area contributed by atoms with E-state index in [9.17, 15) is 18.0 Å². The number of hydrogen-bond donors (Lipinski definition) is 2. The highest BCUT2D eigenvalue weighted by molar-refractivity contribution is 5.88. The Morgan fingerprint density at radius 3 is 2.38 bits per heavy atom. The first-order valence-electron chi connectivity index (χ1n) is 8.04. The predicted molar refractivity (Wildman–Crippen MR) is 85.5 cm³/mol. The van der Waals surface area contributed by atoms with Crippen molar-refractivity contribution in [3.8, 4) is 11.1 Å². The predicted octanol–water partition coefficient (Wildman–Crippen LogP) is 5.31. The van der Waals surface area contributed by atoms with Crippen LogP contribution in [0.1, 0.15) is 55.1 Å². The zero-order valence-electron chi connectivity index (χ0n) is 13.5. The SMILES string of the molecule is CCCCCCCc1cc(F)c(-c2c[nH]c(C(=O)O)c2F)cc1F. The summed E-state index contributed by atoms with van der Waals surface area (Å²) < 4.78 is 42.4. The van der Waals surface area contributed by atoms with Crippen LogP contribution in [0, 0.1) is 17.5 Å². The summed E-state index contributed by atoms with van der Waals surface area (Å²) in [6.45, 7) is 2.10. The van der Waals surface area contributed by atoms with Gasteiger partial charge < -0.3 is 10.1 Å². The monoisotopic (exact) mass is 339 g/mol. The van der Waals surface area contributed by atoms with Crippen molar-refractivity contribution in [3.05, 3.63) is 47.0 Å². The molecule has 3 nitrogen and oxygen atoms in total. The molecule has 0 aliphatic heterocycles. The molecule has 0 atom stereocenters. The summed E-state index contributed by atoms with van der Waals surface area (Å²) in [7, 11) is 0. The van der Waals surface area contributed by atoms with Gasteiger partial charge in [0, 0.05) is 17.3 Å². The van der Waals surface area contributed by atoms with Crippen LogP contribution in [0.4, 0.5) is 13.2 Å². The van der Waals surface area contributed by atoms with Crippen molar-refractivity contribution in [2.75, 3.05) is 0 Å². The number of aryl methyl sites for hydroxylation is 1. The molecule has 0 saturated carbocycles. The van der Waals surface area contributed by atoms with Crippen LogP contribution in [0.15, 0.2) is 18.3 Å². The number of unbranched alkanes of at least 4 members (excludes halogenated alkanes) is 4. The summed E-state index contributed by atoms with van der Waals surface area (Å²) in [5.41, 5.74) is -1.01. The quantitative estimate of drug-likeness (QED) is 0.640. The van der Waals surface area contributed by atoms with E-state index in [1.807, 2.05) is 0 Å². The van der Waals surface area contributed by atoms with Crippen LogP contribution in [0.25, 0.3) is 11.1 Å². The van der Waals surface area contributed by atoms with Gasteiger partial charge in [0.1, 0.15) is 11.6 Å². The van der Waals surface area contributed by atoms with E-state index < -0.39 is 29.1 Å². The molecule has 1 aromatic heterocycles. The molecule has 24 heavy (non-hydrogen) atoms. The van der Waals surface area contributed by atoms with Crippen LogP contribution < -0.4 is 0 Å². The van der Waals surface area contributed by atoms with Gasteiger partial charge in [0.2, 0.25) is 0 Å². The maximum atomic E-state index is 14.2. The van der Waals surface area contributed by atoms with E-state index in [0.717, 1.165) is 50.4 Å². The number of carbonyl (C=O) groups is 1. The first-order chi connectivity index (χ1) is 11.5. The van der Waals surface area contributed by atoms with E-state index in [4.69, 9.17) is 5.11 Å². The van der Waals surface area contributed by atoms with Gasteiger partial charge in [-0.15, -0.1) is 0 Å². The van der Waals surface area contributed by atoms with Gasteiger partial charge in [0.15, 0.2) is 11.5 Å². The van der Waals surface area contributed by atoms with E-state index >= 15 is 0 Å². The molecular weight excluding hydrogens is 319 g/mol. The summed E-state index contributed by atoms with van der Waals surface area (Å²) in [5, 5.41) is 8.81. The highest BCUT2D eigenvalue weighted by atomic mass is 19.1. The number of carboxylic acid groups (broad SMARTS) is 1. The molecule has 0 amide bonds. The Morgan fingerprint density at radius 2 is 1.75 bits per heavy atom. The number of aromatic amines is 1. The highest BCUT2D eigenvalue weighted by Crippen LogP contribution is 2.30. The van der Waals surface area contributed by atoms with Crippen LogP contribution in [0.5, 0.6) is 0 Å². The fourth-order valence-corrected chi connectivity index (χ4v) is 2.66. The molecule has 2 aromatic rings. The molecule has 0 radical (unpaired) electrons. The summed E-state index contributed by atoms with van der Waals surface area (Å²) in [5.74, 6) is -3.98. The molecule has 0 bridgehead atoms. The fraction of sp³-hybridized carbons (Fsp3) is 0.389. The number of hydrogen-bond acceptors (Lipinski definition) is 1. The maximum Gasteiger partial charge on any atom is 0.355 e. The molecule has 2 N–H and O–H groups in total. The Morgan fingerprint density at radius 1 is 1.04 bits per heavy atom. The molecule has 130 valence electrons. The van der Waals surface area contributed by atoms with Crippen molar-refractivity contribution in [3.63, 3.8) is 0 Å². The first kappa shape index (κ1) is 18.1. The number of aromatic carboxylic acids is 1. The molecule has 0 fully saturated rings. The van der Waals surface area contributed by atoms with Gasteiger partial charge in [-0.2, -0.15) is 0 Å².